The van der Waals surface area contributed by atoms with Gasteiger partial charge in [0.1, 0.15) is 6.04 Å². The van der Waals surface area contributed by atoms with Crippen LogP contribution < -0.4 is 16.0 Å². The molecular weight excluding hydrogens is 298 g/mol. The summed E-state index contributed by atoms with van der Waals surface area (Å²) in [6, 6.07) is 13.5. The molecule has 1 aromatic heterocycles. The minimum Gasteiger partial charge on any atom is -0.333 e. The number of hydrogen-bond acceptors (Lipinski definition) is 3. The first-order chi connectivity index (χ1) is 10.6. The van der Waals surface area contributed by atoms with Gasteiger partial charge in [0, 0.05) is 10.4 Å². The molecule has 1 aromatic carbocycles. The summed E-state index contributed by atoms with van der Waals surface area (Å²) in [5.41, 5.74) is 1.15. The number of benzene rings is 1. The summed E-state index contributed by atoms with van der Waals surface area (Å²) in [5, 5.41) is 8.84. The first-order valence-electron chi connectivity index (χ1n) is 7.13. The maximum atomic E-state index is 11.7. The van der Waals surface area contributed by atoms with Crippen molar-refractivity contribution in [3.05, 3.63) is 58.3 Å². The molecule has 22 heavy (non-hydrogen) atoms. The van der Waals surface area contributed by atoms with E-state index in [0.717, 1.165) is 10.4 Å². The van der Waals surface area contributed by atoms with Crippen molar-refractivity contribution in [2.24, 2.45) is 0 Å². The standard InChI is InChI=1S/C16H19N3O2S/c1-12(13-6-3-2-4-7-13)17-11-15(20)19-16(21)18-10-14-8-5-9-22-14/h2-9,12,17H,10-11H2,1H3,(H2,18,19,20,21)/p+1/t12-/m0/s1. The minimum atomic E-state index is -0.459. The number of nitrogens with one attached hydrogen (secondary N) is 2. The predicted molar refractivity (Wildman–Crippen MR) is 86.3 cm³/mol. The lowest BCUT2D eigenvalue weighted by Gasteiger charge is -2.11. The molecule has 0 bridgehead atoms. The smallest absolute Gasteiger partial charge is 0.321 e. The van der Waals surface area contributed by atoms with E-state index in [9.17, 15) is 9.59 Å². The van der Waals surface area contributed by atoms with Crippen LogP contribution in [0.25, 0.3) is 0 Å². The highest BCUT2D eigenvalue weighted by atomic mass is 32.1. The Bertz CT molecular complexity index is 599. The maximum absolute atomic E-state index is 11.7. The SMILES string of the molecule is C[C@H]([NH2+]CC(=O)NC(=O)NCc1cccs1)c1ccccc1. The van der Waals surface area contributed by atoms with Gasteiger partial charge in [-0.1, -0.05) is 36.4 Å². The second-order valence-electron chi connectivity index (χ2n) is 4.95. The zero-order valence-electron chi connectivity index (χ0n) is 12.4. The topological polar surface area (TPSA) is 74.8 Å². The highest BCUT2D eigenvalue weighted by molar-refractivity contribution is 7.09. The van der Waals surface area contributed by atoms with Crippen molar-refractivity contribution < 1.29 is 14.9 Å². The summed E-state index contributed by atoms with van der Waals surface area (Å²) in [4.78, 5) is 24.4. The van der Waals surface area contributed by atoms with Crippen LogP contribution in [-0.2, 0) is 11.3 Å². The van der Waals surface area contributed by atoms with Gasteiger partial charge in [-0.2, -0.15) is 0 Å². The van der Waals surface area contributed by atoms with E-state index in [1.54, 1.807) is 11.3 Å². The van der Waals surface area contributed by atoms with Crippen LogP contribution >= 0.6 is 11.3 Å². The van der Waals surface area contributed by atoms with Gasteiger partial charge in [0.2, 0.25) is 0 Å². The number of carbonyl (C=O) groups excluding carboxylic acids is 2. The van der Waals surface area contributed by atoms with Gasteiger partial charge in [-0.25, -0.2) is 4.79 Å². The molecule has 1 heterocycles. The molecule has 0 saturated heterocycles. The van der Waals surface area contributed by atoms with Crippen molar-refractivity contribution in [2.75, 3.05) is 6.54 Å². The quantitative estimate of drug-likeness (QED) is 0.753. The number of carbonyl (C=O) groups is 2. The molecule has 1 atom stereocenters. The van der Waals surface area contributed by atoms with E-state index >= 15 is 0 Å². The summed E-state index contributed by atoms with van der Waals surface area (Å²) < 4.78 is 0. The Morgan fingerprint density at radius 1 is 1.18 bits per heavy atom. The molecule has 2 rings (SSSR count). The minimum absolute atomic E-state index is 0.168. The van der Waals surface area contributed by atoms with Gasteiger partial charge in [-0.05, 0) is 18.4 Å². The maximum Gasteiger partial charge on any atom is 0.321 e. The summed E-state index contributed by atoms with van der Waals surface area (Å²) >= 11 is 1.56. The molecule has 0 aliphatic heterocycles. The normalized spacial score (nSPS) is 11.7. The molecule has 2 aromatic rings. The third-order valence-corrected chi connectivity index (χ3v) is 4.11. The Kier molecular flexibility index (Phi) is 6.12. The van der Waals surface area contributed by atoms with E-state index in [1.165, 1.54) is 0 Å². The molecular formula is C16H20N3O2S+. The van der Waals surface area contributed by atoms with Crippen molar-refractivity contribution >= 4 is 23.3 Å². The summed E-state index contributed by atoms with van der Waals surface area (Å²) in [5.74, 6) is -0.300. The predicted octanol–water partition coefficient (Wildman–Crippen LogP) is 1.40. The largest absolute Gasteiger partial charge is 0.333 e. The summed E-state index contributed by atoms with van der Waals surface area (Å²) in [6.45, 7) is 2.67. The van der Waals surface area contributed by atoms with E-state index < -0.39 is 6.03 Å². The Balaban J connectivity index is 1.68. The Hall–Kier alpha value is -2.18. The van der Waals surface area contributed by atoms with Crippen molar-refractivity contribution in [3.8, 4) is 0 Å². The van der Waals surface area contributed by atoms with Crippen LogP contribution in [0.1, 0.15) is 23.4 Å². The number of nitrogens with two attached hydrogens (primary N) is 1. The fourth-order valence-corrected chi connectivity index (χ4v) is 2.62. The van der Waals surface area contributed by atoms with Crippen LogP contribution in [0, 0.1) is 0 Å². The van der Waals surface area contributed by atoms with Gasteiger partial charge in [-0.3, -0.25) is 10.1 Å². The number of thiophene rings is 1. The lowest BCUT2D eigenvalue weighted by atomic mass is 10.1. The van der Waals surface area contributed by atoms with Crippen LogP contribution in [0.4, 0.5) is 4.79 Å². The van der Waals surface area contributed by atoms with Crippen LogP contribution in [0.3, 0.4) is 0 Å². The molecule has 3 amide bonds. The number of rotatable bonds is 6. The average molecular weight is 318 g/mol. The fraction of sp³-hybridized carbons (Fsp3) is 0.250. The molecule has 0 aliphatic rings. The van der Waals surface area contributed by atoms with Crippen LogP contribution in [0.15, 0.2) is 47.8 Å². The summed E-state index contributed by atoms with van der Waals surface area (Å²) in [6.07, 6.45) is 0. The Morgan fingerprint density at radius 2 is 1.95 bits per heavy atom. The molecule has 4 N–H and O–H groups in total. The molecule has 5 nitrogen and oxygen atoms in total. The molecule has 0 saturated carbocycles. The number of imide groups is 1. The summed E-state index contributed by atoms with van der Waals surface area (Å²) in [7, 11) is 0. The Morgan fingerprint density at radius 3 is 2.64 bits per heavy atom. The molecule has 0 aliphatic carbocycles. The number of urea groups is 1. The molecule has 0 unspecified atom stereocenters. The van der Waals surface area contributed by atoms with Crippen molar-refractivity contribution in [3.63, 3.8) is 0 Å². The zero-order valence-corrected chi connectivity index (χ0v) is 13.2. The number of quaternary nitrogens is 1. The Labute approximate surface area is 133 Å². The number of amides is 3. The van der Waals surface area contributed by atoms with E-state index in [2.05, 4.69) is 10.6 Å². The van der Waals surface area contributed by atoms with E-state index in [-0.39, 0.29) is 18.5 Å². The monoisotopic (exact) mass is 318 g/mol. The zero-order chi connectivity index (χ0) is 15.8. The first kappa shape index (κ1) is 16.2. The van der Waals surface area contributed by atoms with Crippen LogP contribution in [0.5, 0.6) is 0 Å². The van der Waals surface area contributed by atoms with Gasteiger partial charge in [0.15, 0.2) is 6.54 Å². The lowest BCUT2D eigenvalue weighted by molar-refractivity contribution is -0.682. The van der Waals surface area contributed by atoms with Crippen LogP contribution in [-0.4, -0.2) is 18.5 Å². The van der Waals surface area contributed by atoms with Gasteiger partial charge >= 0.3 is 6.03 Å². The third kappa shape index (κ3) is 5.31. The van der Waals surface area contributed by atoms with Gasteiger partial charge in [0.25, 0.3) is 5.91 Å². The van der Waals surface area contributed by atoms with Crippen molar-refractivity contribution in [1.29, 1.82) is 0 Å². The third-order valence-electron chi connectivity index (χ3n) is 3.24. The fourth-order valence-electron chi connectivity index (χ4n) is 1.98. The number of hydrogen-bond donors (Lipinski definition) is 3. The van der Waals surface area contributed by atoms with Gasteiger partial charge < -0.3 is 10.6 Å². The second-order valence-corrected chi connectivity index (χ2v) is 5.98. The highest BCUT2D eigenvalue weighted by Gasteiger charge is 2.13. The van der Waals surface area contributed by atoms with Gasteiger partial charge in [-0.15, -0.1) is 11.3 Å². The lowest BCUT2D eigenvalue weighted by Crippen LogP contribution is -2.87. The average Bonchev–Trinajstić information content (AvgIpc) is 3.05. The van der Waals surface area contributed by atoms with Crippen molar-refractivity contribution in [2.45, 2.75) is 19.5 Å². The van der Waals surface area contributed by atoms with Crippen LogP contribution in [0.2, 0.25) is 0 Å². The molecule has 0 fully saturated rings. The molecule has 6 heteroatoms. The van der Waals surface area contributed by atoms with Gasteiger partial charge in [0.05, 0.1) is 6.54 Å². The molecule has 0 spiro atoms. The molecule has 0 radical (unpaired) electrons. The highest BCUT2D eigenvalue weighted by Crippen LogP contribution is 2.07. The first-order valence-corrected chi connectivity index (χ1v) is 8.01. The van der Waals surface area contributed by atoms with E-state index in [4.69, 9.17) is 0 Å². The van der Waals surface area contributed by atoms with Crippen molar-refractivity contribution in [1.82, 2.24) is 10.6 Å². The second kappa shape index (κ2) is 8.31. The van der Waals surface area contributed by atoms with E-state index in [0.29, 0.717) is 6.54 Å². The molecule has 116 valence electrons. The van der Waals surface area contributed by atoms with E-state index in [1.807, 2.05) is 60.1 Å².